The second-order valence-electron chi connectivity index (χ2n) is 2.34. The Morgan fingerprint density at radius 3 is 2.82 bits per heavy atom. The average Bonchev–Trinajstić information content (AvgIpc) is 1.85. The molecule has 0 unspecified atom stereocenters. The van der Waals surface area contributed by atoms with E-state index in [-0.39, 0.29) is 11.5 Å². The Bertz CT molecular complexity index is 340. The van der Waals surface area contributed by atoms with Gasteiger partial charge in [0.15, 0.2) is 0 Å². The maximum absolute atomic E-state index is 11.1. The third-order valence-corrected chi connectivity index (χ3v) is 1.35. The van der Waals surface area contributed by atoms with E-state index in [0.717, 1.165) is 5.56 Å². The Balaban J connectivity index is 3.32. The molecule has 0 amide bonds. The zero-order valence-corrected chi connectivity index (χ0v) is 6.24. The van der Waals surface area contributed by atoms with Gasteiger partial charge in [-0.05, 0) is 18.6 Å². The van der Waals surface area contributed by atoms with Crippen LogP contribution in [-0.2, 0) is 0 Å². The van der Waals surface area contributed by atoms with Crippen molar-refractivity contribution in [1.82, 2.24) is 4.57 Å². The fourth-order valence-electron chi connectivity index (χ4n) is 0.791. The number of nitrogens with two attached hydrogens (primary N) is 2. The van der Waals surface area contributed by atoms with Crippen molar-refractivity contribution >= 4 is 5.96 Å². The van der Waals surface area contributed by atoms with E-state index in [1.165, 1.54) is 10.6 Å². The first kappa shape index (κ1) is 7.53. The molecular formula is C7H10N3O+. The van der Waals surface area contributed by atoms with Crippen LogP contribution in [0.2, 0.25) is 0 Å². The molecule has 4 nitrogen and oxygen atoms in total. The third-order valence-electron chi connectivity index (χ3n) is 1.35. The first-order valence-corrected chi connectivity index (χ1v) is 3.19. The maximum atomic E-state index is 11.1. The van der Waals surface area contributed by atoms with Crippen molar-refractivity contribution in [2.45, 2.75) is 6.92 Å². The average molecular weight is 152 g/mol. The minimum atomic E-state index is -0.204. The van der Waals surface area contributed by atoms with Crippen LogP contribution in [0.25, 0.3) is 0 Å². The number of hydrogen-bond acceptors (Lipinski definition) is 1. The lowest BCUT2D eigenvalue weighted by Crippen LogP contribution is -2.53. The number of aromatic nitrogens is 1. The van der Waals surface area contributed by atoms with Gasteiger partial charge < -0.3 is 0 Å². The molecule has 4 N–H and O–H groups in total. The first-order valence-electron chi connectivity index (χ1n) is 3.19. The highest BCUT2D eigenvalue weighted by atomic mass is 16.1. The van der Waals surface area contributed by atoms with Crippen LogP contribution in [0, 0.1) is 6.92 Å². The van der Waals surface area contributed by atoms with Crippen LogP contribution in [0.5, 0.6) is 0 Å². The molecule has 0 aliphatic carbocycles. The van der Waals surface area contributed by atoms with Gasteiger partial charge in [-0.25, -0.2) is 0 Å². The first-order chi connectivity index (χ1) is 5.11. The van der Waals surface area contributed by atoms with Gasteiger partial charge >= 0.3 is 11.5 Å². The lowest BCUT2D eigenvalue weighted by molar-refractivity contribution is -0.119. The van der Waals surface area contributed by atoms with Crippen molar-refractivity contribution < 1.29 is 5.41 Å². The van der Waals surface area contributed by atoms with Crippen molar-refractivity contribution in [3.63, 3.8) is 0 Å². The molecule has 0 aliphatic heterocycles. The van der Waals surface area contributed by atoms with E-state index in [4.69, 9.17) is 11.1 Å². The number of pyridine rings is 1. The molecule has 1 heterocycles. The van der Waals surface area contributed by atoms with E-state index in [0.29, 0.717) is 0 Å². The lowest BCUT2D eigenvalue weighted by Gasteiger charge is -1.93. The van der Waals surface area contributed by atoms with E-state index in [1.54, 1.807) is 12.3 Å². The molecule has 0 saturated heterocycles. The molecule has 0 aliphatic rings. The Morgan fingerprint density at radius 2 is 2.36 bits per heavy atom. The van der Waals surface area contributed by atoms with E-state index < -0.39 is 0 Å². The molecular weight excluding hydrogens is 142 g/mol. The van der Waals surface area contributed by atoms with Gasteiger partial charge in [0.1, 0.15) is 0 Å². The summed E-state index contributed by atoms with van der Waals surface area (Å²) in [7, 11) is 0. The predicted octanol–water partition coefficient (Wildman–Crippen LogP) is -1.92. The predicted molar refractivity (Wildman–Crippen MR) is 42.0 cm³/mol. The quantitative estimate of drug-likeness (QED) is 0.336. The summed E-state index contributed by atoms with van der Waals surface area (Å²) in [5, 5.41) is 5.22. The molecule has 0 atom stereocenters. The van der Waals surface area contributed by atoms with Gasteiger partial charge in [-0.1, -0.05) is 0 Å². The van der Waals surface area contributed by atoms with Crippen molar-refractivity contribution in [2.24, 2.45) is 5.73 Å². The molecule has 1 rings (SSSR count). The van der Waals surface area contributed by atoms with Crippen LogP contribution in [0.4, 0.5) is 0 Å². The highest BCUT2D eigenvalue weighted by Gasteiger charge is 2.02. The minimum Gasteiger partial charge on any atom is -0.290 e. The summed E-state index contributed by atoms with van der Waals surface area (Å²) >= 11 is 0. The fourth-order valence-corrected chi connectivity index (χ4v) is 0.791. The van der Waals surface area contributed by atoms with Crippen LogP contribution in [0.3, 0.4) is 0 Å². The van der Waals surface area contributed by atoms with Gasteiger partial charge in [0.25, 0.3) is 0 Å². The molecule has 1 aromatic heterocycles. The maximum Gasteiger partial charge on any atom is 0.353 e. The SMILES string of the molecule is Cc1ccn(C(N)=[NH2+])c(=O)c1. The monoisotopic (exact) mass is 152 g/mol. The van der Waals surface area contributed by atoms with Crippen molar-refractivity contribution in [3.8, 4) is 0 Å². The van der Waals surface area contributed by atoms with Crippen LogP contribution in [0.1, 0.15) is 5.56 Å². The Hall–Kier alpha value is -1.58. The molecule has 0 bridgehead atoms. The second-order valence-corrected chi connectivity index (χ2v) is 2.34. The molecule has 4 heteroatoms. The van der Waals surface area contributed by atoms with Crippen molar-refractivity contribution in [3.05, 3.63) is 34.2 Å². The van der Waals surface area contributed by atoms with Gasteiger partial charge in [0.05, 0.1) is 6.20 Å². The molecule has 1 aromatic rings. The normalized spacial score (nSPS) is 9.55. The molecule has 0 saturated carbocycles. The van der Waals surface area contributed by atoms with Crippen molar-refractivity contribution in [1.29, 1.82) is 0 Å². The molecule has 0 fully saturated rings. The Labute approximate surface area is 63.8 Å². The summed E-state index contributed by atoms with van der Waals surface area (Å²) in [4.78, 5) is 11.1. The number of hydrogen-bond donors (Lipinski definition) is 2. The number of rotatable bonds is 0. The minimum absolute atomic E-state index is 0.00463. The van der Waals surface area contributed by atoms with Crippen LogP contribution >= 0.6 is 0 Å². The highest BCUT2D eigenvalue weighted by Crippen LogP contribution is 1.88. The summed E-state index contributed by atoms with van der Waals surface area (Å²) in [6, 6.07) is 3.24. The Morgan fingerprint density at radius 1 is 1.73 bits per heavy atom. The largest absolute Gasteiger partial charge is 0.353 e. The summed E-state index contributed by atoms with van der Waals surface area (Å²) in [6.07, 6.45) is 1.55. The molecule has 58 valence electrons. The van der Waals surface area contributed by atoms with E-state index in [2.05, 4.69) is 0 Å². The van der Waals surface area contributed by atoms with Crippen LogP contribution < -0.4 is 16.7 Å². The number of nitrogens with zero attached hydrogens (tertiary/aromatic N) is 1. The summed E-state index contributed by atoms with van der Waals surface area (Å²) in [5.74, 6) is -0.00463. The highest BCUT2D eigenvalue weighted by molar-refractivity contribution is 5.73. The smallest absolute Gasteiger partial charge is 0.290 e. The van der Waals surface area contributed by atoms with Gasteiger partial charge in [0.2, 0.25) is 0 Å². The summed E-state index contributed by atoms with van der Waals surface area (Å²) in [6.45, 7) is 1.83. The molecule has 0 aromatic carbocycles. The number of aryl methyl sites for hydroxylation is 1. The van der Waals surface area contributed by atoms with Crippen molar-refractivity contribution in [2.75, 3.05) is 0 Å². The fraction of sp³-hybridized carbons (Fsp3) is 0.143. The van der Waals surface area contributed by atoms with E-state index in [1.807, 2.05) is 6.92 Å². The third kappa shape index (κ3) is 1.46. The topological polar surface area (TPSA) is 73.6 Å². The van der Waals surface area contributed by atoms with Gasteiger partial charge in [0, 0.05) is 6.07 Å². The van der Waals surface area contributed by atoms with Gasteiger partial charge in [-0.15, -0.1) is 0 Å². The summed E-state index contributed by atoms with van der Waals surface area (Å²) < 4.78 is 1.19. The molecule has 0 radical (unpaired) electrons. The standard InChI is InChI=1S/C7H9N3O/c1-5-2-3-10(7(8)9)6(11)4-5/h2-4H,1H3,(H3,8,9)/p+1. The second kappa shape index (κ2) is 2.57. The zero-order chi connectivity index (χ0) is 8.43. The lowest BCUT2D eigenvalue weighted by atomic mass is 10.3. The van der Waals surface area contributed by atoms with Gasteiger partial charge in [-0.3, -0.25) is 15.9 Å². The van der Waals surface area contributed by atoms with Gasteiger partial charge in [-0.2, -0.15) is 4.57 Å². The van der Waals surface area contributed by atoms with Crippen LogP contribution in [0.15, 0.2) is 23.1 Å². The Kier molecular flexibility index (Phi) is 1.76. The van der Waals surface area contributed by atoms with Crippen LogP contribution in [-0.4, -0.2) is 10.5 Å². The summed E-state index contributed by atoms with van der Waals surface area (Å²) in [5.41, 5.74) is 5.91. The molecule has 11 heavy (non-hydrogen) atoms. The molecule has 0 spiro atoms. The zero-order valence-electron chi connectivity index (χ0n) is 6.24. The van der Waals surface area contributed by atoms with E-state index >= 15 is 0 Å². The van der Waals surface area contributed by atoms with E-state index in [9.17, 15) is 4.79 Å².